The van der Waals surface area contributed by atoms with Gasteiger partial charge in [0.15, 0.2) is 0 Å². The molecule has 0 saturated heterocycles. The summed E-state index contributed by atoms with van der Waals surface area (Å²) in [6.07, 6.45) is 4.91. The largest absolute Gasteiger partial charge is 0.393 e. The summed E-state index contributed by atoms with van der Waals surface area (Å²) in [4.78, 5) is 1.07. The first-order chi connectivity index (χ1) is 10.1. The molecule has 0 aromatic heterocycles. The van der Waals surface area contributed by atoms with E-state index in [0.29, 0.717) is 16.2 Å². The van der Waals surface area contributed by atoms with Crippen molar-refractivity contribution in [3.63, 3.8) is 0 Å². The Kier molecular flexibility index (Phi) is 2.86. The number of allylic oxidation sites excluding steroid dienone is 2. The lowest BCUT2D eigenvalue weighted by molar-refractivity contribution is 0.104. The van der Waals surface area contributed by atoms with Crippen LogP contribution in [0.25, 0.3) is 0 Å². The predicted octanol–water partition coefficient (Wildman–Crippen LogP) is 3.06. The first kappa shape index (κ1) is 13.5. The molecule has 0 amide bonds. The predicted molar refractivity (Wildman–Crippen MR) is 80.3 cm³/mol. The zero-order valence-electron chi connectivity index (χ0n) is 12.0. The van der Waals surface area contributed by atoms with Gasteiger partial charge < -0.3 is 5.11 Å². The first-order valence-electron chi connectivity index (χ1n) is 7.76. The summed E-state index contributed by atoms with van der Waals surface area (Å²) in [5.41, 5.74) is 1.14. The van der Waals surface area contributed by atoms with Crippen LogP contribution in [-0.2, 0) is 9.84 Å². The van der Waals surface area contributed by atoms with Crippen molar-refractivity contribution in [1.29, 1.82) is 0 Å². The summed E-state index contributed by atoms with van der Waals surface area (Å²) in [6, 6.07) is 8.76. The van der Waals surface area contributed by atoms with Crippen LogP contribution < -0.4 is 0 Å². The lowest BCUT2D eigenvalue weighted by Crippen LogP contribution is -2.24. The number of rotatable bonds is 2. The third kappa shape index (κ3) is 1.72. The molecular weight excluding hydrogens is 284 g/mol. The molecule has 0 heterocycles. The van der Waals surface area contributed by atoms with E-state index in [1.165, 1.54) is 0 Å². The monoisotopic (exact) mass is 304 g/mol. The summed E-state index contributed by atoms with van der Waals surface area (Å²) >= 11 is 0. The lowest BCUT2D eigenvalue weighted by atomic mass is 9.77. The molecule has 2 fully saturated rings. The van der Waals surface area contributed by atoms with Gasteiger partial charge in [-0.3, -0.25) is 0 Å². The fraction of sp³-hybridized carbons (Fsp3) is 0.529. The van der Waals surface area contributed by atoms with E-state index < -0.39 is 9.84 Å². The molecule has 21 heavy (non-hydrogen) atoms. The first-order valence-corrected chi connectivity index (χ1v) is 9.25. The van der Waals surface area contributed by atoms with E-state index >= 15 is 0 Å². The molecule has 4 rings (SSSR count). The van der Waals surface area contributed by atoms with Gasteiger partial charge in [0.05, 0.1) is 11.0 Å². The highest BCUT2D eigenvalue weighted by atomic mass is 32.2. The number of aliphatic hydroxyl groups is 1. The van der Waals surface area contributed by atoms with Gasteiger partial charge in [0.25, 0.3) is 0 Å². The fourth-order valence-electron chi connectivity index (χ4n) is 4.96. The van der Waals surface area contributed by atoms with Gasteiger partial charge in [-0.15, -0.1) is 0 Å². The van der Waals surface area contributed by atoms with Gasteiger partial charge in [0.2, 0.25) is 9.84 Å². The maximum Gasteiger partial charge on any atom is 0.202 e. The normalized spacial score (nSPS) is 35.1. The Morgan fingerprint density at radius 1 is 1.05 bits per heavy atom. The average molecular weight is 304 g/mol. The van der Waals surface area contributed by atoms with Crippen molar-refractivity contribution in [2.24, 2.45) is 11.3 Å². The second-order valence-electron chi connectivity index (χ2n) is 6.63. The molecule has 0 aliphatic heterocycles. The SMILES string of the molecule is O=S(=O)(C1=C2CC[C@@H]3[C@@H](O)CC[C@]23CC1)c1ccccc1. The molecule has 0 bridgehead atoms. The van der Waals surface area contributed by atoms with Crippen LogP contribution in [0.3, 0.4) is 0 Å². The zero-order chi connectivity index (χ0) is 14.7. The number of aliphatic hydroxyl groups excluding tert-OH is 1. The van der Waals surface area contributed by atoms with Gasteiger partial charge in [-0.25, -0.2) is 8.42 Å². The number of hydrogen-bond donors (Lipinski definition) is 1. The van der Waals surface area contributed by atoms with Crippen LogP contribution >= 0.6 is 0 Å². The molecule has 3 atom stereocenters. The Morgan fingerprint density at radius 3 is 2.57 bits per heavy atom. The van der Waals surface area contributed by atoms with Crippen molar-refractivity contribution < 1.29 is 13.5 Å². The van der Waals surface area contributed by atoms with Crippen molar-refractivity contribution in [3.05, 3.63) is 40.8 Å². The molecule has 1 aromatic rings. The van der Waals surface area contributed by atoms with Crippen molar-refractivity contribution in [2.45, 2.75) is 49.5 Å². The Hall–Kier alpha value is -1.13. The Morgan fingerprint density at radius 2 is 1.81 bits per heavy atom. The number of benzene rings is 1. The van der Waals surface area contributed by atoms with E-state index in [0.717, 1.165) is 37.7 Å². The van der Waals surface area contributed by atoms with Gasteiger partial charge in [-0.1, -0.05) is 18.2 Å². The average Bonchev–Trinajstić information content (AvgIpc) is 3.10. The second kappa shape index (κ2) is 4.43. The summed E-state index contributed by atoms with van der Waals surface area (Å²) in [6.45, 7) is 0. The Bertz CT molecular complexity index is 705. The molecule has 3 nitrogen and oxygen atoms in total. The van der Waals surface area contributed by atoms with Crippen LogP contribution in [0.1, 0.15) is 38.5 Å². The quantitative estimate of drug-likeness (QED) is 0.913. The zero-order valence-corrected chi connectivity index (χ0v) is 12.8. The van der Waals surface area contributed by atoms with Crippen LogP contribution in [0, 0.1) is 11.3 Å². The van der Waals surface area contributed by atoms with Crippen molar-refractivity contribution in [2.75, 3.05) is 0 Å². The van der Waals surface area contributed by atoms with Crippen LogP contribution in [0.15, 0.2) is 45.7 Å². The molecule has 0 unspecified atom stereocenters. The van der Waals surface area contributed by atoms with Crippen molar-refractivity contribution in [1.82, 2.24) is 0 Å². The third-order valence-corrected chi connectivity index (χ3v) is 7.87. The van der Waals surface area contributed by atoms with Crippen LogP contribution in [0.2, 0.25) is 0 Å². The van der Waals surface area contributed by atoms with Crippen molar-refractivity contribution >= 4 is 9.84 Å². The minimum atomic E-state index is -3.36. The van der Waals surface area contributed by atoms with Crippen LogP contribution in [-0.4, -0.2) is 19.6 Å². The minimum Gasteiger partial charge on any atom is -0.393 e. The van der Waals surface area contributed by atoms with Gasteiger partial charge >= 0.3 is 0 Å². The summed E-state index contributed by atoms with van der Waals surface area (Å²) in [5, 5.41) is 10.2. The molecule has 1 N–H and O–H groups in total. The standard InChI is InChI=1S/C17H20O3S/c18-15-8-10-17-11-9-16(14(17)7-6-13(15)17)21(19,20)12-4-2-1-3-5-12/h1-5,13,15,18H,6-11H2/t13-,15+,17-/m1/s1. The van der Waals surface area contributed by atoms with E-state index in [4.69, 9.17) is 0 Å². The van der Waals surface area contributed by atoms with Gasteiger partial charge in [0.1, 0.15) is 0 Å². The van der Waals surface area contributed by atoms with Crippen molar-refractivity contribution in [3.8, 4) is 0 Å². The molecule has 3 aliphatic carbocycles. The molecule has 1 aromatic carbocycles. The fourth-order valence-corrected chi connectivity index (χ4v) is 6.76. The summed E-state index contributed by atoms with van der Waals surface area (Å²) in [7, 11) is -3.36. The van der Waals surface area contributed by atoms with E-state index in [9.17, 15) is 13.5 Å². The molecular formula is C17H20O3S. The maximum absolute atomic E-state index is 12.9. The number of hydrogen-bond acceptors (Lipinski definition) is 3. The van der Waals surface area contributed by atoms with E-state index in [2.05, 4.69) is 0 Å². The lowest BCUT2D eigenvalue weighted by Gasteiger charge is -2.27. The Labute approximate surface area is 125 Å². The molecule has 4 heteroatoms. The van der Waals surface area contributed by atoms with Crippen LogP contribution in [0.4, 0.5) is 0 Å². The topological polar surface area (TPSA) is 54.4 Å². The summed E-state index contributed by atoms with van der Waals surface area (Å²) < 4.78 is 25.8. The third-order valence-electron chi connectivity index (χ3n) is 5.88. The molecule has 2 saturated carbocycles. The van der Waals surface area contributed by atoms with E-state index in [1.54, 1.807) is 24.3 Å². The van der Waals surface area contributed by atoms with E-state index in [1.807, 2.05) is 6.07 Å². The molecule has 112 valence electrons. The summed E-state index contributed by atoms with van der Waals surface area (Å²) in [5.74, 6) is 0.288. The highest BCUT2D eigenvalue weighted by Gasteiger charge is 2.57. The molecule has 1 spiro atoms. The van der Waals surface area contributed by atoms with Gasteiger partial charge in [-0.05, 0) is 67.6 Å². The van der Waals surface area contributed by atoms with Gasteiger partial charge in [-0.2, -0.15) is 0 Å². The number of sulfone groups is 1. The Balaban J connectivity index is 1.83. The second-order valence-corrected chi connectivity index (χ2v) is 8.60. The molecule has 0 radical (unpaired) electrons. The van der Waals surface area contributed by atoms with Crippen LogP contribution in [0.5, 0.6) is 0 Å². The maximum atomic E-state index is 12.9. The van der Waals surface area contributed by atoms with E-state index in [-0.39, 0.29) is 17.4 Å². The molecule has 3 aliphatic rings. The van der Waals surface area contributed by atoms with Gasteiger partial charge in [0, 0.05) is 4.91 Å². The smallest absolute Gasteiger partial charge is 0.202 e. The highest BCUT2D eigenvalue weighted by Crippen LogP contribution is 2.65. The highest BCUT2D eigenvalue weighted by molar-refractivity contribution is 7.95. The minimum absolute atomic E-state index is 0.00337.